The molecule has 1 aromatic heterocycles. The Kier molecular flexibility index (Phi) is 6.81. The zero-order valence-corrected chi connectivity index (χ0v) is 14.4. The number of allylic oxidation sites excluding steroid dienone is 1. The Hall–Kier alpha value is -2.79. The minimum Gasteiger partial charge on any atom is -0.392 e. The summed E-state index contributed by atoms with van der Waals surface area (Å²) in [5.41, 5.74) is 0.0580. The number of benzene rings is 1. The molecule has 0 spiro atoms. The van der Waals surface area contributed by atoms with Gasteiger partial charge in [-0.2, -0.15) is 4.98 Å². The van der Waals surface area contributed by atoms with Gasteiger partial charge in [0.05, 0.1) is 11.9 Å². The molecule has 6 N–H and O–H groups in total. The fourth-order valence-electron chi connectivity index (χ4n) is 1.94. The topological polar surface area (TPSA) is 112 Å². The lowest BCUT2D eigenvalue weighted by Gasteiger charge is -2.11. The summed E-state index contributed by atoms with van der Waals surface area (Å²) in [6.07, 6.45) is 3.39. The SMILES string of the molecule is CN/C=C(\C=N)Nc1ncc(F)c(NCc2c(F)cc(SN)cc2F)n1. The molecule has 0 aliphatic carbocycles. The van der Waals surface area contributed by atoms with Gasteiger partial charge in [0.25, 0.3) is 0 Å². The van der Waals surface area contributed by atoms with E-state index >= 15 is 0 Å². The standard InChI is InChI=1S/C15H16F3N7S/c1-21-5-8(4-19)24-15-23-7-13(18)14(25-15)22-6-10-11(16)2-9(26-20)3-12(10)17/h2-5,7,19,21H,6,20H2,1H3,(H2,22,23,24,25)/b8-5+,19-4?. The van der Waals surface area contributed by atoms with Crippen LogP contribution in [0.4, 0.5) is 24.9 Å². The number of anilines is 2. The zero-order chi connectivity index (χ0) is 19.1. The summed E-state index contributed by atoms with van der Waals surface area (Å²) < 4.78 is 41.8. The second-order valence-electron chi connectivity index (χ2n) is 4.88. The van der Waals surface area contributed by atoms with Gasteiger partial charge in [-0.15, -0.1) is 0 Å². The van der Waals surface area contributed by atoms with E-state index in [2.05, 4.69) is 25.9 Å². The highest BCUT2D eigenvalue weighted by atomic mass is 32.2. The smallest absolute Gasteiger partial charge is 0.229 e. The van der Waals surface area contributed by atoms with E-state index in [1.165, 1.54) is 6.20 Å². The summed E-state index contributed by atoms with van der Waals surface area (Å²) in [6.45, 7) is -0.329. The van der Waals surface area contributed by atoms with Crippen molar-refractivity contribution in [3.63, 3.8) is 0 Å². The molecular weight excluding hydrogens is 367 g/mol. The zero-order valence-electron chi connectivity index (χ0n) is 13.6. The largest absolute Gasteiger partial charge is 0.392 e. The highest BCUT2D eigenvalue weighted by Gasteiger charge is 2.13. The molecule has 2 rings (SSSR count). The lowest BCUT2D eigenvalue weighted by atomic mass is 10.2. The van der Waals surface area contributed by atoms with Crippen LogP contribution < -0.4 is 21.1 Å². The van der Waals surface area contributed by atoms with Crippen LogP contribution in [0.1, 0.15) is 5.56 Å². The van der Waals surface area contributed by atoms with Crippen LogP contribution in [0.5, 0.6) is 0 Å². The van der Waals surface area contributed by atoms with Gasteiger partial charge in [0.2, 0.25) is 5.95 Å². The van der Waals surface area contributed by atoms with Crippen LogP contribution in [0.15, 0.2) is 35.1 Å². The average Bonchev–Trinajstić information content (AvgIpc) is 2.62. The van der Waals surface area contributed by atoms with E-state index in [1.807, 2.05) is 0 Å². The lowest BCUT2D eigenvalue weighted by Crippen LogP contribution is -2.12. The summed E-state index contributed by atoms with van der Waals surface area (Å²) >= 11 is 0.718. The van der Waals surface area contributed by atoms with E-state index < -0.39 is 17.5 Å². The summed E-state index contributed by atoms with van der Waals surface area (Å²) in [4.78, 5) is 7.88. The molecule has 0 unspecified atom stereocenters. The van der Waals surface area contributed by atoms with Crippen LogP contribution in [0.3, 0.4) is 0 Å². The van der Waals surface area contributed by atoms with E-state index in [-0.39, 0.29) is 28.8 Å². The maximum Gasteiger partial charge on any atom is 0.229 e. The monoisotopic (exact) mass is 383 g/mol. The van der Waals surface area contributed by atoms with Crippen LogP contribution in [-0.2, 0) is 6.54 Å². The van der Waals surface area contributed by atoms with E-state index in [4.69, 9.17) is 10.5 Å². The number of halogens is 3. The molecule has 0 radical (unpaired) electrons. The van der Waals surface area contributed by atoms with Crippen molar-refractivity contribution in [1.82, 2.24) is 15.3 Å². The lowest BCUT2D eigenvalue weighted by molar-refractivity contribution is 0.553. The Labute approximate surface area is 151 Å². The molecule has 0 bridgehead atoms. The second-order valence-corrected chi connectivity index (χ2v) is 5.59. The van der Waals surface area contributed by atoms with E-state index in [0.717, 1.165) is 36.5 Å². The molecule has 1 aromatic carbocycles. The number of rotatable bonds is 8. The van der Waals surface area contributed by atoms with Crippen molar-refractivity contribution in [2.45, 2.75) is 11.4 Å². The first-order chi connectivity index (χ1) is 12.5. The molecule has 0 saturated heterocycles. The number of hydrogen-bond acceptors (Lipinski definition) is 8. The minimum absolute atomic E-state index is 0.00900. The molecule has 26 heavy (non-hydrogen) atoms. The minimum atomic E-state index is -0.804. The Balaban J connectivity index is 2.18. The van der Waals surface area contributed by atoms with Crippen LogP contribution in [-0.4, -0.2) is 23.2 Å². The van der Waals surface area contributed by atoms with Crippen LogP contribution in [0.25, 0.3) is 0 Å². The molecule has 11 heteroatoms. The Morgan fingerprint density at radius 1 is 1.27 bits per heavy atom. The molecule has 0 fully saturated rings. The predicted molar refractivity (Wildman–Crippen MR) is 95.3 cm³/mol. The fraction of sp³-hybridized carbons (Fsp3) is 0.133. The van der Waals surface area contributed by atoms with Crippen molar-refractivity contribution >= 4 is 29.9 Å². The second kappa shape index (κ2) is 9.06. The number of aromatic nitrogens is 2. The highest BCUT2D eigenvalue weighted by molar-refractivity contribution is 7.97. The van der Waals surface area contributed by atoms with Gasteiger partial charge >= 0.3 is 0 Å². The van der Waals surface area contributed by atoms with Gasteiger partial charge in [0, 0.05) is 36.5 Å². The maximum atomic E-state index is 14.0. The number of nitrogens with one attached hydrogen (secondary N) is 4. The van der Waals surface area contributed by atoms with Crippen molar-refractivity contribution in [2.24, 2.45) is 5.14 Å². The van der Waals surface area contributed by atoms with E-state index in [0.29, 0.717) is 5.70 Å². The fourth-order valence-corrected chi connectivity index (χ4v) is 2.28. The highest BCUT2D eigenvalue weighted by Crippen LogP contribution is 2.22. The van der Waals surface area contributed by atoms with Gasteiger partial charge in [-0.1, -0.05) is 0 Å². The first-order valence-electron chi connectivity index (χ1n) is 7.24. The number of nitrogens with zero attached hydrogens (tertiary/aromatic N) is 2. The van der Waals surface area contributed by atoms with Gasteiger partial charge in [-0.3, -0.25) is 5.14 Å². The normalized spacial score (nSPS) is 11.2. The van der Waals surface area contributed by atoms with Crippen LogP contribution in [0, 0.1) is 22.9 Å². The number of nitrogens with two attached hydrogens (primary N) is 1. The molecule has 138 valence electrons. The van der Waals surface area contributed by atoms with Crippen molar-refractivity contribution in [2.75, 3.05) is 17.7 Å². The molecule has 2 aromatic rings. The first-order valence-corrected chi connectivity index (χ1v) is 8.12. The van der Waals surface area contributed by atoms with Crippen molar-refractivity contribution in [3.05, 3.63) is 53.2 Å². The third-order valence-electron chi connectivity index (χ3n) is 3.14. The molecule has 0 atom stereocenters. The quantitative estimate of drug-likeness (QED) is 0.352. The van der Waals surface area contributed by atoms with Crippen molar-refractivity contribution < 1.29 is 13.2 Å². The van der Waals surface area contributed by atoms with Gasteiger partial charge in [0.15, 0.2) is 11.6 Å². The van der Waals surface area contributed by atoms with Crippen LogP contribution >= 0.6 is 11.9 Å². The molecule has 0 aliphatic heterocycles. The van der Waals surface area contributed by atoms with Crippen molar-refractivity contribution in [3.8, 4) is 0 Å². The van der Waals surface area contributed by atoms with Gasteiger partial charge in [-0.25, -0.2) is 18.2 Å². The van der Waals surface area contributed by atoms with Gasteiger partial charge in [0.1, 0.15) is 11.6 Å². The van der Waals surface area contributed by atoms with Crippen LogP contribution in [0.2, 0.25) is 0 Å². The number of hydrogen-bond donors (Lipinski definition) is 5. The molecule has 1 heterocycles. The van der Waals surface area contributed by atoms with Gasteiger partial charge in [-0.05, 0) is 24.1 Å². The Morgan fingerprint density at radius 3 is 2.54 bits per heavy atom. The Morgan fingerprint density at radius 2 is 1.96 bits per heavy atom. The van der Waals surface area contributed by atoms with E-state index in [9.17, 15) is 13.2 Å². The summed E-state index contributed by atoms with van der Waals surface area (Å²) in [5, 5.41) is 20.5. The average molecular weight is 383 g/mol. The Bertz CT molecular complexity index is 806. The third-order valence-corrected chi connectivity index (χ3v) is 3.65. The maximum absolute atomic E-state index is 14.0. The summed E-state index contributed by atoms with van der Waals surface area (Å²) in [7, 11) is 1.64. The summed E-state index contributed by atoms with van der Waals surface area (Å²) in [6, 6.07) is 2.18. The predicted octanol–water partition coefficient (Wildman–Crippen LogP) is 2.59. The molecule has 0 saturated carbocycles. The molecule has 0 aliphatic rings. The summed E-state index contributed by atoms with van der Waals surface area (Å²) in [5.74, 6) is -2.63. The van der Waals surface area contributed by atoms with Crippen molar-refractivity contribution in [1.29, 1.82) is 5.41 Å². The van der Waals surface area contributed by atoms with Gasteiger partial charge < -0.3 is 21.4 Å². The molecule has 7 nitrogen and oxygen atoms in total. The third kappa shape index (κ3) is 4.86. The van der Waals surface area contributed by atoms with E-state index in [1.54, 1.807) is 7.05 Å². The first kappa shape index (κ1) is 19.5. The molecular formula is C15H16F3N7S. The molecule has 0 amide bonds.